The second kappa shape index (κ2) is 6.79. The summed E-state index contributed by atoms with van der Waals surface area (Å²) in [4.78, 5) is 18.1. The summed E-state index contributed by atoms with van der Waals surface area (Å²) in [6, 6.07) is 0.420. The molecule has 120 valence electrons. The molecule has 0 bridgehead atoms. The summed E-state index contributed by atoms with van der Waals surface area (Å²) in [5.41, 5.74) is 1.98. The van der Waals surface area contributed by atoms with E-state index in [1.54, 1.807) is 0 Å². The number of aromatic nitrogens is 1. The van der Waals surface area contributed by atoms with Crippen LogP contribution in [0.15, 0.2) is 12.3 Å². The average Bonchev–Trinajstić information content (AvgIpc) is 2.93. The summed E-state index contributed by atoms with van der Waals surface area (Å²) < 4.78 is 5.42. The van der Waals surface area contributed by atoms with Gasteiger partial charge in [0, 0.05) is 24.2 Å². The van der Waals surface area contributed by atoms with E-state index < -0.39 is 0 Å². The number of rotatable bonds is 4. The Morgan fingerprint density at radius 2 is 2.05 bits per heavy atom. The van der Waals surface area contributed by atoms with Crippen LogP contribution >= 0.6 is 11.3 Å². The summed E-state index contributed by atoms with van der Waals surface area (Å²) in [5, 5.41) is 7.12. The summed E-state index contributed by atoms with van der Waals surface area (Å²) in [5.74, 6) is -0.0557. The Labute approximate surface area is 135 Å². The number of thiazole rings is 1. The molecule has 2 atom stereocenters. The number of hydrogen-bond acceptors (Lipinski definition) is 5. The second-order valence-electron chi connectivity index (χ2n) is 6.09. The average molecular weight is 321 g/mol. The molecule has 0 radical (unpaired) electrons. The van der Waals surface area contributed by atoms with E-state index in [4.69, 9.17) is 4.74 Å². The zero-order valence-electron chi connectivity index (χ0n) is 13.0. The number of ether oxygens (including phenoxy) is 1. The van der Waals surface area contributed by atoms with Crippen molar-refractivity contribution in [1.82, 2.24) is 15.6 Å². The Morgan fingerprint density at radius 3 is 2.73 bits per heavy atom. The molecular weight excluding hydrogens is 298 g/mol. The Hall–Kier alpha value is -1.40. The van der Waals surface area contributed by atoms with Crippen molar-refractivity contribution in [2.24, 2.45) is 0 Å². The lowest BCUT2D eigenvalue weighted by molar-refractivity contribution is 0.0915. The Morgan fingerprint density at radius 1 is 1.32 bits per heavy atom. The third-order valence-corrected chi connectivity index (χ3v) is 5.27. The lowest BCUT2D eigenvalue weighted by atomic mass is 9.90. The largest absolute Gasteiger partial charge is 0.384 e. The zero-order valence-corrected chi connectivity index (χ0v) is 13.8. The molecule has 2 N–H and O–H groups in total. The van der Waals surface area contributed by atoms with E-state index in [0.717, 1.165) is 42.0 Å². The predicted octanol–water partition coefficient (Wildman–Crippen LogP) is 2.38. The fourth-order valence-electron chi connectivity index (χ4n) is 3.15. The highest BCUT2D eigenvalue weighted by atomic mass is 32.1. The van der Waals surface area contributed by atoms with E-state index in [9.17, 15) is 4.79 Å². The SMILES string of the molecule is C=C(C)N[C@H]1CCCC[C@H]1NC(=O)c1nc2c(s1)COCC2. The van der Waals surface area contributed by atoms with Crippen LogP contribution in [-0.2, 0) is 17.8 Å². The highest BCUT2D eigenvalue weighted by molar-refractivity contribution is 7.13. The fourth-order valence-corrected chi connectivity index (χ4v) is 4.09. The topological polar surface area (TPSA) is 63.2 Å². The van der Waals surface area contributed by atoms with Gasteiger partial charge in [0.25, 0.3) is 5.91 Å². The molecule has 1 aliphatic carbocycles. The van der Waals surface area contributed by atoms with Gasteiger partial charge < -0.3 is 15.4 Å². The first-order valence-electron chi connectivity index (χ1n) is 7.92. The smallest absolute Gasteiger partial charge is 0.280 e. The van der Waals surface area contributed by atoms with Gasteiger partial charge in [-0.1, -0.05) is 19.4 Å². The van der Waals surface area contributed by atoms with Crippen molar-refractivity contribution in [1.29, 1.82) is 0 Å². The van der Waals surface area contributed by atoms with Gasteiger partial charge in [-0.25, -0.2) is 4.98 Å². The van der Waals surface area contributed by atoms with Gasteiger partial charge in [0.1, 0.15) is 0 Å². The minimum absolute atomic E-state index is 0.0557. The van der Waals surface area contributed by atoms with E-state index in [1.165, 1.54) is 17.8 Å². The monoisotopic (exact) mass is 321 g/mol. The number of amides is 1. The van der Waals surface area contributed by atoms with E-state index >= 15 is 0 Å². The summed E-state index contributed by atoms with van der Waals surface area (Å²) in [7, 11) is 0. The van der Waals surface area contributed by atoms with Gasteiger partial charge in [-0.15, -0.1) is 11.3 Å². The van der Waals surface area contributed by atoms with E-state index in [2.05, 4.69) is 22.2 Å². The maximum atomic E-state index is 12.5. The van der Waals surface area contributed by atoms with Crippen molar-refractivity contribution < 1.29 is 9.53 Å². The van der Waals surface area contributed by atoms with Crippen molar-refractivity contribution in [3.63, 3.8) is 0 Å². The first-order chi connectivity index (χ1) is 10.6. The van der Waals surface area contributed by atoms with Crippen molar-refractivity contribution in [2.75, 3.05) is 6.61 Å². The lowest BCUT2D eigenvalue weighted by Crippen LogP contribution is -2.51. The highest BCUT2D eigenvalue weighted by Crippen LogP contribution is 2.25. The van der Waals surface area contributed by atoms with Crippen LogP contribution in [-0.4, -0.2) is 29.6 Å². The number of allylic oxidation sites excluding steroid dienone is 1. The van der Waals surface area contributed by atoms with E-state index in [0.29, 0.717) is 18.2 Å². The van der Waals surface area contributed by atoms with Gasteiger partial charge in [-0.05, 0) is 19.8 Å². The van der Waals surface area contributed by atoms with Crippen LogP contribution in [0.25, 0.3) is 0 Å². The zero-order chi connectivity index (χ0) is 15.5. The van der Waals surface area contributed by atoms with Gasteiger partial charge in [0.15, 0.2) is 5.01 Å². The minimum Gasteiger partial charge on any atom is -0.384 e. The van der Waals surface area contributed by atoms with E-state index in [-0.39, 0.29) is 18.0 Å². The molecule has 0 unspecified atom stereocenters. The molecule has 6 heteroatoms. The third kappa shape index (κ3) is 3.50. The standard InChI is InChI=1S/C16H23N3O2S/c1-10(2)17-11-5-3-4-6-12(11)18-15(20)16-19-13-7-8-21-9-14(13)22-16/h11-12,17H,1,3-9H2,2H3,(H,18,20)/t11-,12+/m0/s1. The number of carbonyl (C=O) groups excluding carboxylic acids is 1. The third-order valence-electron chi connectivity index (χ3n) is 4.20. The van der Waals surface area contributed by atoms with E-state index in [1.807, 2.05) is 6.92 Å². The second-order valence-corrected chi connectivity index (χ2v) is 7.17. The lowest BCUT2D eigenvalue weighted by Gasteiger charge is -2.33. The van der Waals surface area contributed by atoms with Gasteiger partial charge in [0.05, 0.1) is 23.8 Å². The Bertz CT molecular complexity index is 546. The Kier molecular flexibility index (Phi) is 4.78. The van der Waals surface area contributed by atoms with Crippen molar-refractivity contribution >= 4 is 17.2 Å². The normalized spacial score (nSPS) is 24.4. The maximum absolute atomic E-state index is 12.5. The van der Waals surface area contributed by atoms with Crippen LogP contribution in [0.3, 0.4) is 0 Å². The number of nitrogens with one attached hydrogen (secondary N) is 2. The van der Waals surface area contributed by atoms with Crippen LogP contribution in [0.2, 0.25) is 0 Å². The van der Waals surface area contributed by atoms with Gasteiger partial charge in [-0.2, -0.15) is 0 Å². The first-order valence-corrected chi connectivity index (χ1v) is 8.74. The summed E-state index contributed by atoms with van der Waals surface area (Å²) in [6.07, 6.45) is 5.23. The van der Waals surface area contributed by atoms with Crippen LogP contribution in [0.4, 0.5) is 0 Å². The van der Waals surface area contributed by atoms with Crippen LogP contribution in [0.5, 0.6) is 0 Å². The van der Waals surface area contributed by atoms with Gasteiger partial charge in [0.2, 0.25) is 0 Å². The molecule has 1 fully saturated rings. The highest BCUT2D eigenvalue weighted by Gasteiger charge is 2.28. The molecule has 1 aromatic heterocycles. The molecule has 0 aromatic carbocycles. The van der Waals surface area contributed by atoms with Crippen molar-refractivity contribution in [3.05, 3.63) is 27.9 Å². The number of hydrogen-bond donors (Lipinski definition) is 2. The molecule has 2 heterocycles. The molecule has 0 spiro atoms. The van der Waals surface area contributed by atoms with Crippen LogP contribution in [0, 0.1) is 0 Å². The van der Waals surface area contributed by atoms with Crippen LogP contribution in [0.1, 0.15) is 53.0 Å². The molecule has 1 aromatic rings. The molecule has 2 aliphatic rings. The number of nitrogens with zero attached hydrogens (tertiary/aromatic N) is 1. The molecule has 1 saturated carbocycles. The quantitative estimate of drug-likeness (QED) is 0.894. The number of fused-ring (bicyclic) bond motifs is 1. The van der Waals surface area contributed by atoms with Crippen molar-refractivity contribution in [3.8, 4) is 0 Å². The fraction of sp³-hybridized carbons (Fsp3) is 0.625. The molecule has 5 nitrogen and oxygen atoms in total. The molecule has 3 rings (SSSR count). The number of carbonyl (C=O) groups is 1. The molecule has 1 amide bonds. The predicted molar refractivity (Wildman–Crippen MR) is 86.9 cm³/mol. The van der Waals surface area contributed by atoms with Crippen molar-refractivity contribution in [2.45, 2.75) is 57.7 Å². The van der Waals surface area contributed by atoms with Gasteiger partial charge in [-0.3, -0.25) is 4.79 Å². The minimum atomic E-state index is -0.0557. The summed E-state index contributed by atoms with van der Waals surface area (Å²) in [6.45, 7) is 7.16. The first kappa shape index (κ1) is 15.5. The molecule has 22 heavy (non-hydrogen) atoms. The van der Waals surface area contributed by atoms with Gasteiger partial charge >= 0.3 is 0 Å². The Balaban J connectivity index is 1.66. The van der Waals surface area contributed by atoms with Crippen LogP contribution < -0.4 is 10.6 Å². The molecular formula is C16H23N3O2S. The summed E-state index contributed by atoms with van der Waals surface area (Å²) >= 11 is 1.46. The maximum Gasteiger partial charge on any atom is 0.280 e. The molecule has 0 saturated heterocycles. The molecule has 1 aliphatic heterocycles.